The van der Waals surface area contributed by atoms with Crippen molar-refractivity contribution in [3.05, 3.63) is 64.1 Å². The monoisotopic (exact) mass is 479 g/mol. The van der Waals surface area contributed by atoms with E-state index in [9.17, 15) is 22.8 Å². The largest absolute Gasteiger partial charge is 0.416 e. The average molecular weight is 480 g/mol. The van der Waals surface area contributed by atoms with Crippen LogP contribution >= 0.6 is 22.9 Å². The molecule has 1 aliphatic heterocycles. The van der Waals surface area contributed by atoms with Crippen molar-refractivity contribution in [2.24, 2.45) is 0 Å². The van der Waals surface area contributed by atoms with Crippen molar-refractivity contribution in [2.45, 2.75) is 25.4 Å². The second kappa shape index (κ2) is 8.91. The number of amides is 2. The lowest BCUT2D eigenvalue weighted by Crippen LogP contribution is -2.24. The van der Waals surface area contributed by atoms with E-state index in [-0.39, 0.29) is 18.2 Å². The summed E-state index contributed by atoms with van der Waals surface area (Å²) in [5.41, 5.74) is 1.37. The zero-order valence-corrected chi connectivity index (χ0v) is 18.2. The molecule has 1 aliphatic rings. The molecule has 4 rings (SSSR count). The van der Waals surface area contributed by atoms with Crippen LogP contribution in [0.3, 0.4) is 0 Å². The fraction of sp³-hybridized carbons (Fsp3) is 0.227. The number of benzene rings is 2. The molecule has 10 heteroatoms. The number of anilines is 2. The first kappa shape index (κ1) is 22.3. The summed E-state index contributed by atoms with van der Waals surface area (Å²) < 4.78 is 38.2. The third-order valence-electron chi connectivity index (χ3n) is 4.96. The summed E-state index contributed by atoms with van der Waals surface area (Å²) in [6.45, 7) is 0.624. The molecular formula is C22H17ClF3N3O2S. The van der Waals surface area contributed by atoms with Crippen molar-refractivity contribution in [2.75, 3.05) is 16.8 Å². The summed E-state index contributed by atoms with van der Waals surface area (Å²) in [4.78, 5) is 30.5. The third kappa shape index (κ3) is 4.94. The lowest BCUT2D eigenvalue weighted by molar-refractivity contribution is -0.137. The molecule has 0 bridgehead atoms. The van der Waals surface area contributed by atoms with Gasteiger partial charge in [0.05, 0.1) is 28.4 Å². The van der Waals surface area contributed by atoms with Crippen molar-refractivity contribution in [1.82, 2.24) is 4.98 Å². The molecule has 3 aromatic rings. The molecule has 1 fully saturated rings. The van der Waals surface area contributed by atoms with Gasteiger partial charge < -0.3 is 10.2 Å². The van der Waals surface area contributed by atoms with Gasteiger partial charge in [-0.2, -0.15) is 13.2 Å². The summed E-state index contributed by atoms with van der Waals surface area (Å²) >= 11 is 7.45. The molecule has 0 aliphatic carbocycles. The average Bonchev–Trinajstić information content (AvgIpc) is 3.38. The quantitative estimate of drug-likeness (QED) is 0.503. The maximum atomic E-state index is 12.7. The number of hydrogen-bond donors (Lipinski definition) is 1. The Morgan fingerprint density at radius 2 is 1.94 bits per heavy atom. The van der Waals surface area contributed by atoms with Gasteiger partial charge in [0.2, 0.25) is 11.8 Å². The SMILES string of the molecule is O=C(Cc1csc(-c2ccc(C(F)(F)F)cc2)n1)Nc1cc(N2CCCC2=O)ccc1Cl. The molecule has 0 atom stereocenters. The molecule has 166 valence electrons. The van der Waals surface area contributed by atoms with Crippen LogP contribution in [0.2, 0.25) is 5.02 Å². The minimum absolute atomic E-state index is 0.0274. The summed E-state index contributed by atoms with van der Waals surface area (Å²) in [6, 6.07) is 9.75. The molecule has 2 heterocycles. The van der Waals surface area contributed by atoms with E-state index < -0.39 is 11.7 Å². The van der Waals surface area contributed by atoms with Crippen LogP contribution in [0, 0.1) is 0 Å². The highest BCUT2D eigenvalue weighted by Crippen LogP contribution is 2.32. The number of thiazole rings is 1. The zero-order valence-electron chi connectivity index (χ0n) is 16.6. The molecular weight excluding hydrogens is 463 g/mol. The Balaban J connectivity index is 1.43. The van der Waals surface area contributed by atoms with E-state index in [1.165, 1.54) is 23.5 Å². The van der Waals surface area contributed by atoms with Crippen LogP contribution in [0.5, 0.6) is 0 Å². The Labute approximate surface area is 190 Å². The van der Waals surface area contributed by atoms with Gasteiger partial charge in [0.15, 0.2) is 0 Å². The Morgan fingerprint density at radius 1 is 1.19 bits per heavy atom. The van der Waals surface area contributed by atoms with E-state index in [1.807, 2.05) is 0 Å². The van der Waals surface area contributed by atoms with Crippen LogP contribution in [0.4, 0.5) is 24.5 Å². The first-order valence-corrected chi connectivity index (χ1v) is 11.0. The number of carbonyl (C=O) groups is 2. The van der Waals surface area contributed by atoms with Crippen LogP contribution in [0.1, 0.15) is 24.1 Å². The van der Waals surface area contributed by atoms with Gasteiger partial charge in [-0.3, -0.25) is 9.59 Å². The summed E-state index contributed by atoms with van der Waals surface area (Å²) in [6.07, 6.45) is -3.14. The van der Waals surface area contributed by atoms with Crippen molar-refractivity contribution in [1.29, 1.82) is 0 Å². The molecule has 2 aromatic carbocycles. The highest BCUT2D eigenvalue weighted by molar-refractivity contribution is 7.13. The van der Waals surface area contributed by atoms with Gasteiger partial charge in [-0.1, -0.05) is 23.7 Å². The maximum absolute atomic E-state index is 12.7. The van der Waals surface area contributed by atoms with Gasteiger partial charge in [-0.05, 0) is 36.8 Å². The highest BCUT2D eigenvalue weighted by atomic mass is 35.5. The zero-order chi connectivity index (χ0) is 22.9. The molecule has 0 spiro atoms. The Bertz CT molecular complexity index is 1160. The van der Waals surface area contributed by atoms with Crippen molar-refractivity contribution in [3.8, 4) is 10.6 Å². The van der Waals surface area contributed by atoms with E-state index in [4.69, 9.17) is 11.6 Å². The van der Waals surface area contributed by atoms with Crippen molar-refractivity contribution >= 4 is 46.1 Å². The minimum Gasteiger partial charge on any atom is -0.324 e. The van der Waals surface area contributed by atoms with Gasteiger partial charge in [0.1, 0.15) is 5.01 Å². The van der Waals surface area contributed by atoms with Crippen molar-refractivity contribution in [3.63, 3.8) is 0 Å². The van der Waals surface area contributed by atoms with Gasteiger partial charge in [-0.25, -0.2) is 4.98 Å². The van der Waals surface area contributed by atoms with Crippen molar-refractivity contribution < 1.29 is 22.8 Å². The first-order chi connectivity index (χ1) is 15.2. The highest BCUT2D eigenvalue weighted by Gasteiger charge is 2.30. The summed E-state index contributed by atoms with van der Waals surface area (Å²) in [5, 5.41) is 5.30. The lowest BCUT2D eigenvalue weighted by Gasteiger charge is -2.17. The number of carbonyl (C=O) groups excluding carboxylic acids is 2. The lowest BCUT2D eigenvalue weighted by atomic mass is 10.1. The predicted octanol–water partition coefficient (Wildman–Crippen LogP) is 5.79. The number of halogens is 4. The number of alkyl halides is 3. The molecule has 2 amide bonds. The number of aromatic nitrogens is 1. The van der Waals surface area contributed by atoms with E-state index >= 15 is 0 Å². The number of nitrogens with one attached hydrogen (secondary N) is 1. The molecule has 5 nitrogen and oxygen atoms in total. The topological polar surface area (TPSA) is 62.3 Å². The molecule has 0 unspecified atom stereocenters. The number of nitrogens with zero attached hydrogens (tertiary/aromatic N) is 2. The van der Waals surface area contributed by atoms with E-state index in [2.05, 4.69) is 10.3 Å². The van der Waals surface area contributed by atoms with Crippen LogP contribution in [-0.4, -0.2) is 23.3 Å². The Hall–Kier alpha value is -2.91. The first-order valence-electron chi connectivity index (χ1n) is 9.72. The summed E-state index contributed by atoms with van der Waals surface area (Å²) in [7, 11) is 0. The Morgan fingerprint density at radius 3 is 2.59 bits per heavy atom. The molecule has 1 saturated heterocycles. The standard InChI is InChI=1S/C22H17ClF3N3O2S/c23-17-8-7-16(29-9-1-2-20(29)31)11-18(17)28-19(30)10-15-12-32-21(27-15)13-3-5-14(6-4-13)22(24,25)26/h3-8,11-12H,1-2,9-10H2,(H,28,30). The van der Waals surface area contributed by atoms with Crippen LogP contribution in [0.25, 0.3) is 10.6 Å². The molecule has 0 radical (unpaired) electrons. The second-order valence-corrected chi connectivity index (χ2v) is 8.52. The molecule has 1 N–H and O–H groups in total. The third-order valence-corrected chi connectivity index (χ3v) is 6.23. The van der Waals surface area contributed by atoms with Crippen LogP contribution in [-0.2, 0) is 22.2 Å². The van der Waals surface area contributed by atoms with Crippen LogP contribution < -0.4 is 10.2 Å². The smallest absolute Gasteiger partial charge is 0.324 e. The van der Waals surface area contributed by atoms with Gasteiger partial charge >= 0.3 is 6.18 Å². The molecule has 0 saturated carbocycles. The minimum atomic E-state index is -4.40. The molecule has 32 heavy (non-hydrogen) atoms. The van der Waals surface area contributed by atoms with Gasteiger partial charge in [0.25, 0.3) is 0 Å². The second-order valence-electron chi connectivity index (χ2n) is 7.26. The Kier molecular flexibility index (Phi) is 6.21. The maximum Gasteiger partial charge on any atom is 0.416 e. The fourth-order valence-corrected chi connectivity index (χ4v) is 4.37. The number of hydrogen-bond acceptors (Lipinski definition) is 4. The fourth-order valence-electron chi connectivity index (χ4n) is 3.38. The summed E-state index contributed by atoms with van der Waals surface area (Å²) in [5.74, 6) is -0.316. The van der Waals surface area contributed by atoms with Gasteiger partial charge in [-0.15, -0.1) is 11.3 Å². The van der Waals surface area contributed by atoms with Gasteiger partial charge in [0, 0.05) is 29.6 Å². The van der Waals surface area contributed by atoms with Crippen LogP contribution in [0.15, 0.2) is 47.8 Å². The van der Waals surface area contributed by atoms with E-state index in [0.29, 0.717) is 45.6 Å². The molecule has 1 aromatic heterocycles. The normalized spacial score (nSPS) is 14.1. The van der Waals surface area contributed by atoms with E-state index in [0.717, 1.165) is 18.6 Å². The predicted molar refractivity (Wildman–Crippen MR) is 118 cm³/mol. The number of rotatable bonds is 5. The van der Waals surface area contributed by atoms with E-state index in [1.54, 1.807) is 28.5 Å².